The molecule has 0 radical (unpaired) electrons. The molecule has 1 saturated carbocycles. The summed E-state index contributed by atoms with van der Waals surface area (Å²) in [6, 6.07) is 15.6. The smallest absolute Gasteiger partial charge is 0.123 e. The third kappa shape index (κ3) is 3.05. The maximum atomic E-state index is 6.51. The molecular weight excluding hydrogens is 318 g/mol. The van der Waals surface area contributed by atoms with Crippen LogP contribution in [0.1, 0.15) is 43.2 Å². The van der Waals surface area contributed by atoms with Crippen molar-refractivity contribution in [2.75, 3.05) is 19.6 Å². The molecule has 2 aliphatic heterocycles. The van der Waals surface area contributed by atoms with Crippen LogP contribution < -0.4 is 4.74 Å². The molecule has 2 fully saturated rings. The quantitative estimate of drug-likeness (QED) is 0.753. The zero-order valence-electron chi connectivity index (χ0n) is 15.8. The summed E-state index contributed by atoms with van der Waals surface area (Å²) in [7, 11) is 0. The molecule has 2 heterocycles. The fourth-order valence-corrected chi connectivity index (χ4v) is 4.82. The van der Waals surface area contributed by atoms with Gasteiger partial charge in [-0.2, -0.15) is 0 Å². The van der Waals surface area contributed by atoms with Crippen LogP contribution in [0.4, 0.5) is 0 Å². The second-order valence-corrected chi connectivity index (χ2v) is 8.75. The Morgan fingerprint density at radius 3 is 2.42 bits per heavy atom. The lowest BCUT2D eigenvalue weighted by atomic mass is 9.83. The summed E-state index contributed by atoms with van der Waals surface area (Å²) in [6.45, 7) is 5.87. The largest absolute Gasteiger partial charge is 0.487 e. The van der Waals surface area contributed by atoms with E-state index in [0.717, 1.165) is 18.1 Å². The minimum absolute atomic E-state index is 0.0599. The standard InChI is InChI=1S/C24H29NO/c1-18-5-7-20(8-6-18)21-9-10-23-22(15-21)16-24(26-23)11-13-25(14-12-24)17-19-3-2-4-19/h5-10,15,19H,2-4,11-14,16-17H2,1H3. The van der Waals surface area contributed by atoms with Crippen molar-refractivity contribution >= 4 is 0 Å². The van der Waals surface area contributed by atoms with Crippen LogP contribution in [0.5, 0.6) is 5.75 Å². The Kier molecular flexibility index (Phi) is 4.04. The molecule has 2 nitrogen and oxygen atoms in total. The van der Waals surface area contributed by atoms with Crippen LogP contribution in [0.3, 0.4) is 0 Å². The van der Waals surface area contributed by atoms with E-state index in [4.69, 9.17) is 4.74 Å². The van der Waals surface area contributed by atoms with Crippen molar-refractivity contribution in [2.45, 2.75) is 51.0 Å². The Morgan fingerprint density at radius 2 is 1.73 bits per heavy atom. The SMILES string of the molecule is Cc1ccc(-c2ccc3c(c2)CC2(CCN(CC4CCC4)CC2)O3)cc1. The second kappa shape index (κ2) is 6.42. The average Bonchev–Trinajstić information content (AvgIpc) is 2.97. The maximum absolute atomic E-state index is 6.51. The van der Waals surface area contributed by atoms with Crippen LogP contribution >= 0.6 is 0 Å². The van der Waals surface area contributed by atoms with Gasteiger partial charge >= 0.3 is 0 Å². The molecular formula is C24H29NO. The molecule has 0 unspecified atom stereocenters. The van der Waals surface area contributed by atoms with Gasteiger partial charge < -0.3 is 9.64 Å². The normalized spacial score (nSPS) is 22.0. The molecule has 1 aliphatic carbocycles. The number of benzene rings is 2. The van der Waals surface area contributed by atoms with Crippen LogP contribution in [0.15, 0.2) is 42.5 Å². The van der Waals surface area contributed by atoms with Gasteiger partial charge in [-0.05, 0) is 54.5 Å². The molecule has 0 amide bonds. The van der Waals surface area contributed by atoms with Gasteiger partial charge in [-0.25, -0.2) is 0 Å². The molecule has 0 bridgehead atoms. The molecule has 2 aromatic rings. The lowest BCUT2D eigenvalue weighted by Crippen LogP contribution is -2.48. The minimum Gasteiger partial charge on any atom is -0.487 e. The predicted molar refractivity (Wildman–Crippen MR) is 107 cm³/mol. The van der Waals surface area contributed by atoms with Crippen LogP contribution in [0.25, 0.3) is 11.1 Å². The molecule has 1 spiro atoms. The minimum atomic E-state index is 0.0599. The molecule has 26 heavy (non-hydrogen) atoms. The molecule has 0 atom stereocenters. The summed E-state index contributed by atoms with van der Waals surface area (Å²) in [5, 5.41) is 0. The van der Waals surface area contributed by atoms with E-state index >= 15 is 0 Å². The predicted octanol–water partition coefficient (Wildman–Crippen LogP) is 5.23. The Morgan fingerprint density at radius 1 is 1.00 bits per heavy atom. The van der Waals surface area contributed by atoms with Crippen molar-refractivity contribution in [2.24, 2.45) is 5.92 Å². The number of hydrogen-bond donors (Lipinski definition) is 0. The van der Waals surface area contributed by atoms with Crippen molar-refractivity contribution in [1.29, 1.82) is 0 Å². The van der Waals surface area contributed by atoms with Gasteiger partial charge in [0.25, 0.3) is 0 Å². The molecule has 0 N–H and O–H groups in total. The summed E-state index contributed by atoms with van der Waals surface area (Å²) in [5.41, 5.74) is 5.38. The van der Waals surface area contributed by atoms with Gasteiger partial charge in [-0.15, -0.1) is 0 Å². The van der Waals surface area contributed by atoms with Gasteiger partial charge in [0.15, 0.2) is 0 Å². The third-order valence-corrected chi connectivity index (χ3v) is 6.79. The van der Waals surface area contributed by atoms with E-state index in [1.54, 1.807) is 0 Å². The number of rotatable bonds is 3. The highest BCUT2D eigenvalue weighted by atomic mass is 16.5. The van der Waals surface area contributed by atoms with E-state index in [-0.39, 0.29) is 5.60 Å². The summed E-state index contributed by atoms with van der Waals surface area (Å²) in [5.74, 6) is 2.09. The third-order valence-electron chi connectivity index (χ3n) is 6.79. The average molecular weight is 348 g/mol. The van der Waals surface area contributed by atoms with E-state index in [1.807, 2.05) is 0 Å². The number of aryl methyl sites for hydroxylation is 1. The van der Waals surface area contributed by atoms with Crippen molar-refractivity contribution in [3.63, 3.8) is 0 Å². The van der Waals surface area contributed by atoms with E-state index in [9.17, 15) is 0 Å². The number of fused-ring (bicyclic) bond motifs is 1. The lowest BCUT2D eigenvalue weighted by molar-refractivity contribution is 0.0109. The Hall–Kier alpha value is -1.80. The zero-order chi connectivity index (χ0) is 17.6. The van der Waals surface area contributed by atoms with Gasteiger partial charge in [-0.1, -0.05) is 42.3 Å². The topological polar surface area (TPSA) is 12.5 Å². The van der Waals surface area contributed by atoms with E-state index < -0.39 is 0 Å². The van der Waals surface area contributed by atoms with Crippen molar-refractivity contribution < 1.29 is 4.74 Å². The van der Waals surface area contributed by atoms with Gasteiger partial charge in [-0.3, -0.25) is 0 Å². The Balaban J connectivity index is 1.28. The van der Waals surface area contributed by atoms with Crippen molar-refractivity contribution in [3.8, 4) is 16.9 Å². The first-order valence-corrected chi connectivity index (χ1v) is 10.3. The van der Waals surface area contributed by atoms with E-state index in [0.29, 0.717) is 0 Å². The highest BCUT2D eigenvalue weighted by molar-refractivity contribution is 5.66. The molecule has 0 aromatic heterocycles. The summed E-state index contributed by atoms with van der Waals surface area (Å²) in [4.78, 5) is 2.68. The van der Waals surface area contributed by atoms with Crippen molar-refractivity contribution in [1.82, 2.24) is 4.90 Å². The van der Waals surface area contributed by atoms with Crippen LogP contribution in [-0.2, 0) is 6.42 Å². The molecule has 136 valence electrons. The van der Waals surface area contributed by atoms with E-state index in [2.05, 4.69) is 54.3 Å². The van der Waals surface area contributed by atoms with Gasteiger partial charge in [0.2, 0.25) is 0 Å². The fraction of sp³-hybridized carbons (Fsp3) is 0.500. The number of hydrogen-bond acceptors (Lipinski definition) is 2. The van der Waals surface area contributed by atoms with Crippen molar-refractivity contribution in [3.05, 3.63) is 53.6 Å². The van der Waals surface area contributed by atoms with Gasteiger partial charge in [0, 0.05) is 38.9 Å². The zero-order valence-corrected chi connectivity index (χ0v) is 15.8. The molecule has 2 heteroatoms. The Labute approximate surface area is 157 Å². The van der Waals surface area contributed by atoms with Crippen LogP contribution in [-0.4, -0.2) is 30.1 Å². The molecule has 5 rings (SSSR count). The lowest BCUT2D eigenvalue weighted by Gasteiger charge is -2.41. The molecule has 3 aliphatic rings. The van der Waals surface area contributed by atoms with Crippen LogP contribution in [0.2, 0.25) is 0 Å². The summed E-state index contributed by atoms with van der Waals surface area (Å²) >= 11 is 0. The monoisotopic (exact) mass is 347 g/mol. The summed E-state index contributed by atoms with van der Waals surface area (Å²) in [6.07, 6.45) is 7.78. The van der Waals surface area contributed by atoms with Crippen LogP contribution in [0, 0.1) is 12.8 Å². The molecule has 2 aromatic carbocycles. The van der Waals surface area contributed by atoms with Gasteiger partial charge in [0.05, 0.1) is 0 Å². The summed E-state index contributed by atoms with van der Waals surface area (Å²) < 4.78 is 6.51. The number of nitrogens with zero attached hydrogens (tertiary/aromatic N) is 1. The first kappa shape index (κ1) is 16.4. The first-order valence-electron chi connectivity index (χ1n) is 10.3. The van der Waals surface area contributed by atoms with Gasteiger partial charge in [0.1, 0.15) is 11.4 Å². The highest BCUT2D eigenvalue weighted by Gasteiger charge is 2.42. The highest BCUT2D eigenvalue weighted by Crippen LogP contribution is 2.43. The maximum Gasteiger partial charge on any atom is 0.123 e. The Bertz CT molecular complexity index is 782. The van der Waals surface area contributed by atoms with E-state index in [1.165, 1.54) is 74.0 Å². The fourth-order valence-electron chi connectivity index (χ4n) is 4.82. The first-order chi connectivity index (χ1) is 12.7. The number of piperidine rings is 1. The molecule has 1 saturated heterocycles. The number of ether oxygens (including phenoxy) is 1. The second-order valence-electron chi connectivity index (χ2n) is 8.75. The number of likely N-dealkylation sites (tertiary alicyclic amines) is 1.